The van der Waals surface area contributed by atoms with Crippen LogP contribution in [0.2, 0.25) is 0 Å². The Balaban J connectivity index is 1.95. The Kier molecular flexibility index (Phi) is 6.29. The third-order valence-electron chi connectivity index (χ3n) is 3.64. The van der Waals surface area contributed by atoms with Crippen molar-refractivity contribution in [1.82, 2.24) is 0 Å². The third-order valence-corrected chi connectivity index (χ3v) is 3.64. The Bertz CT molecular complexity index is 615. The predicted molar refractivity (Wildman–Crippen MR) is 93.3 cm³/mol. The molecular weight excluding hydrogens is 290 g/mol. The number of anilines is 1. The van der Waals surface area contributed by atoms with Crippen molar-refractivity contribution in [1.29, 1.82) is 0 Å². The van der Waals surface area contributed by atoms with Crippen LogP contribution in [0.3, 0.4) is 0 Å². The molecule has 0 amide bonds. The largest absolute Gasteiger partial charge is 0.508 e. The number of nitrogens with zero attached hydrogens (tertiary/aromatic N) is 1. The monoisotopic (exact) mass is 315 g/mol. The van der Waals surface area contributed by atoms with Crippen LogP contribution in [0.4, 0.5) is 5.69 Å². The van der Waals surface area contributed by atoms with Gasteiger partial charge in [0.15, 0.2) is 0 Å². The van der Waals surface area contributed by atoms with Crippen molar-refractivity contribution in [3.05, 3.63) is 54.1 Å². The van der Waals surface area contributed by atoms with Crippen LogP contribution in [0, 0.1) is 6.92 Å². The zero-order valence-electron chi connectivity index (χ0n) is 13.8. The molecule has 2 N–H and O–H groups in total. The van der Waals surface area contributed by atoms with Crippen molar-refractivity contribution in [2.75, 3.05) is 24.6 Å². The van der Waals surface area contributed by atoms with Crippen molar-refractivity contribution < 1.29 is 14.9 Å². The maximum Gasteiger partial charge on any atom is 0.122 e. The second kappa shape index (κ2) is 8.44. The van der Waals surface area contributed by atoms with E-state index in [2.05, 4.69) is 11.8 Å². The van der Waals surface area contributed by atoms with Crippen molar-refractivity contribution in [3.63, 3.8) is 0 Å². The van der Waals surface area contributed by atoms with Gasteiger partial charge < -0.3 is 19.8 Å². The number of phenolic OH excluding ortho intramolecular Hbond substituents is 1. The summed E-state index contributed by atoms with van der Waals surface area (Å²) in [5, 5.41) is 19.9. The highest BCUT2D eigenvalue weighted by Gasteiger charge is 2.13. The van der Waals surface area contributed by atoms with Crippen LogP contribution in [0.5, 0.6) is 11.5 Å². The van der Waals surface area contributed by atoms with Gasteiger partial charge in [-0.3, -0.25) is 0 Å². The van der Waals surface area contributed by atoms with E-state index in [1.807, 2.05) is 43.3 Å². The van der Waals surface area contributed by atoms with Gasteiger partial charge in [-0.05, 0) is 37.1 Å². The Morgan fingerprint density at radius 2 is 1.91 bits per heavy atom. The van der Waals surface area contributed by atoms with Crippen LogP contribution in [0.1, 0.15) is 18.9 Å². The van der Waals surface area contributed by atoms with Gasteiger partial charge in [-0.25, -0.2) is 0 Å². The molecule has 0 bridgehead atoms. The summed E-state index contributed by atoms with van der Waals surface area (Å²) in [5.74, 6) is 1.03. The zero-order chi connectivity index (χ0) is 16.7. The molecule has 23 heavy (non-hydrogen) atoms. The Morgan fingerprint density at radius 1 is 1.13 bits per heavy atom. The molecule has 0 heterocycles. The minimum atomic E-state index is -0.608. The SMILES string of the molecule is CCCN(CC(O)COc1ccccc1C)c1cccc(O)c1. The molecule has 4 heteroatoms. The lowest BCUT2D eigenvalue weighted by molar-refractivity contribution is 0.112. The fourth-order valence-corrected chi connectivity index (χ4v) is 2.50. The molecule has 4 nitrogen and oxygen atoms in total. The number of aryl methyl sites for hydroxylation is 1. The maximum absolute atomic E-state index is 10.3. The van der Waals surface area contributed by atoms with Gasteiger partial charge in [0.1, 0.15) is 24.2 Å². The van der Waals surface area contributed by atoms with E-state index in [4.69, 9.17) is 4.74 Å². The number of para-hydroxylation sites is 1. The normalized spacial score (nSPS) is 12.0. The predicted octanol–water partition coefficient (Wildman–Crippen LogP) is 3.36. The van der Waals surface area contributed by atoms with Gasteiger partial charge in [0.25, 0.3) is 0 Å². The average molecular weight is 315 g/mol. The molecule has 0 saturated heterocycles. The first-order chi connectivity index (χ1) is 11.1. The first-order valence-corrected chi connectivity index (χ1v) is 8.00. The molecule has 0 radical (unpaired) electrons. The number of phenols is 1. The highest BCUT2D eigenvalue weighted by molar-refractivity contribution is 5.50. The van der Waals surface area contributed by atoms with Crippen LogP contribution in [-0.2, 0) is 0 Å². The van der Waals surface area contributed by atoms with E-state index in [1.165, 1.54) is 0 Å². The molecule has 2 rings (SSSR count). The molecular formula is C19H25NO3. The molecule has 0 aliphatic carbocycles. The molecule has 0 aliphatic rings. The Labute approximate surface area is 138 Å². The number of rotatable bonds is 8. The summed E-state index contributed by atoms with van der Waals surface area (Å²) in [4.78, 5) is 2.06. The average Bonchev–Trinajstić information content (AvgIpc) is 2.54. The molecule has 0 fully saturated rings. The van der Waals surface area contributed by atoms with E-state index in [1.54, 1.807) is 12.1 Å². The fourth-order valence-electron chi connectivity index (χ4n) is 2.50. The highest BCUT2D eigenvalue weighted by atomic mass is 16.5. The van der Waals surface area contributed by atoms with Crippen LogP contribution in [0.15, 0.2) is 48.5 Å². The van der Waals surface area contributed by atoms with Crippen molar-refractivity contribution in [3.8, 4) is 11.5 Å². The van der Waals surface area contributed by atoms with Crippen LogP contribution >= 0.6 is 0 Å². The topological polar surface area (TPSA) is 52.9 Å². The summed E-state index contributed by atoms with van der Waals surface area (Å²) in [7, 11) is 0. The van der Waals surface area contributed by atoms with E-state index in [0.29, 0.717) is 6.54 Å². The number of hydrogen-bond donors (Lipinski definition) is 2. The molecule has 1 unspecified atom stereocenters. The Hall–Kier alpha value is -2.20. The summed E-state index contributed by atoms with van der Waals surface area (Å²) in [6, 6.07) is 14.9. The van der Waals surface area contributed by atoms with Crippen LogP contribution in [-0.4, -0.2) is 36.0 Å². The van der Waals surface area contributed by atoms with Gasteiger partial charge in [-0.2, -0.15) is 0 Å². The minimum absolute atomic E-state index is 0.231. The van der Waals surface area contributed by atoms with Crippen molar-refractivity contribution in [2.24, 2.45) is 0 Å². The highest BCUT2D eigenvalue weighted by Crippen LogP contribution is 2.21. The molecule has 2 aromatic carbocycles. The van der Waals surface area contributed by atoms with Gasteiger partial charge in [0, 0.05) is 24.8 Å². The fraction of sp³-hybridized carbons (Fsp3) is 0.368. The number of hydrogen-bond acceptors (Lipinski definition) is 4. The number of aliphatic hydroxyl groups is 1. The first-order valence-electron chi connectivity index (χ1n) is 8.00. The molecule has 124 valence electrons. The van der Waals surface area contributed by atoms with E-state index >= 15 is 0 Å². The summed E-state index contributed by atoms with van der Waals surface area (Å²) >= 11 is 0. The second-order valence-electron chi connectivity index (χ2n) is 5.70. The summed E-state index contributed by atoms with van der Waals surface area (Å²) < 4.78 is 5.71. The summed E-state index contributed by atoms with van der Waals surface area (Å²) in [5.41, 5.74) is 1.96. The minimum Gasteiger partial charge on any atom is -0.508 e. The first kappa shape index (κ1) is 17.2. The molecule has 0 spiro atoms. The van der Waals surface area contributed by atoms with E-state index in [0.717, 1.165) is 30.0 Å². The van der Waals surface area contributed by atoms with E-state index in [-0.39, 0.29) is 12.4 Å². The molecule has 0 aromatic heterocycles. The second-order valence-corrected chi connectivity index (χ2v) is 5.70. The molecule has 0 saturated carbocycles. The van der Waals surface area contributed by atoms with Crippen LogP contribution in [0.25, 0.3) is 0 Å². The molecule has 1 atom stereocenters. The van der Waals surface area contributed by atoms with Gasteiger partial charge in [-0.15, -0.1) is 0 Å². The molecule has 2 aromatic rings. The van der Waals surface area contributed by atoms with Gasteiger partial charge >= 0.3 is 0 Å². The number of aliphatic hydroxyl groups excluding tert-OH is 1. The lowest BCUT2D eigenvalue weighted by Gasteiger charge is -2.27. The van der Waals surface area contributed by atoms with Gasteiger partial charge in [0.2, 0.25) is 0 Å². The van der Waals surface area contributed by atoms with Crippen LogP contribution < -0.4 is 9.64 Å². The summed E-state index contributed by atoms with van der Waals surface area (Å²) in [6.45, 7) is 5.59. The van der Waals surface area contributed by atoms with Gasteiger partial charge in [0.05, 0.1) is 0 Å². The van der Waals surface area contributed by atoms with E-state index < -0.39 is 6.10 Å². The number of aromatic hydroxyl groups is 1. The quantitative estimate of drug-likeness (QED) is 0.784. The third kappa shape index (κ3) is 5.18. The number of ether oxygens (including phenoxy) is 1. The Morgan fingerprint density at radius 3 is 2.61 bits per heavy atom. The molecule has 0 aliphatic heterocycles. The lowest BCUT2D eigenvalue weighted by atomic mass is 10.2. The smallest absolute Gasteiger partial charge is 0.122 e. The number of benzene rings is 2. The van der Waals surface area contributed by atoms with Crippen molar-refractivity contribution in [2.45, 2.75) is 26.4 Å². The maximum atomic E-state index is 10.3. The lowest BCUT2D eigenvalue weighted by Crippen LogP contribution is -2.36. The summed E-state index contributed by atoms with van der Waals surface area (Å²) in [6.07, 6.45) is 0.351. The van der Waals surface area contributed by atoms with E-state index in [9.17, 15) is 10.2 Å². The van der Waals surface area contributed by atoms with Crippen molar-refractivity contribution >= 4 is 5.69 Å². The van der Waals surface area contributed by atoms with Gasteiger partial charge in [-0.1, -0.05) is 31.2 Å². The zero-order valence-corrected chi connectivity index (χ0v) is 13.8. The standard InChI is InChI=1S/C19H25NO3/c1-3-11-20(16-8-6-9-17(21)12-16)13-18(22)14-23-19-10-5-4-7-15(19)2/h4-10,12,18,21-22H,3,11,13-14H2,1-2H3.